The Balaban J connectivity index is 1.49. The van der Waals surface area contributed by atoms with Crippen molar-refractivity contribution in [2.24, 2.45) is 13.0 Å². The van der Waals surface area contributed by atoms with E-state index in [1.54, 1.807) is 6.07 Å². The molecule has 0 radical (unpaired) electrons. The summed E-state index contributed by atoms with van der Waals surface area (Å²) in [5.41, 5.74) is 0. The van der Waals surface area contributed by atoms with Gasteiger partial charge in [0.05, 0.1) is 10.8 Å². The fourth-order valence-electron chi connectivity index (χ4n) is 3.21. The summed E-state index contributed by atoms with van der Waals surface area (Å²) in [5, 5.41) is 12.7. The van der Waals surface area contributed by atoms with Crippen molar-refractivity contribution in [1.82, 2.24) is 20.1 Å². The van der Waals surface area contributed by atoms with Crippen molar-refractivity contribution in [2.45, 2.75) is 50.4 Å². The highest BCUT2D eigenvalue weighted by Gasteiger charge is 2.23. The monoisotopic (exact) mass is 408 g/mol. The zero-order valence-electron chi connectivity index (χ0n) is 15.7. The van der Waals surface area contributed by atoms with Gasteiger partial charge >= 0.3 is 0 Å². The van der Waals surface area contributed by atoms with Crippen LogP contribution in [0.3, 0.4) is 0 Å². The molecular formula is C19H25ClN4O2S. The summed E-state index contributed by atoms with van der Waals surface area (Å²) >= 11 is 7.48. The maximum Gasteiger partial charge on any atom is 0.230 e. The van der Waals surface area contributed by atoms with Crippen molar-refractivity contribution in [1.29, 1.82) is 0 Å². The van der Waals surface area contributed by atoms with Crippen molar-refractivity contribution < 1.29 is 9.53 Å². The average molecular weight is 409 g/mol. The van der Waals surface area contributed by atoms with Crippen molar-refractivity contribution in [3.05, 3.63) is 35.1 Å². The van der Waals surface area contributed by atoms with Crippen molar-refractivity contribution in [2.75, 3.05) is 5.75 Å². The molecule has 0 spiro atoms. The number of halogens is 1. The van der Waals surface area contributed by atoms with Gasteiger partial charge in [0.25, 0.3) is 0 Å². The highest BCUT2D eigenvalue weighted by atomic mass is 35.5. The van der Waals surface area contributed by atoms with E-state index in [-0.39, 0.29) is 12.5 Å². The van der Waals surface area contributed by atoms with Crippen LogP contribution in [0.2, 0.25) is 5.02 Å². The Morgan fingerprint density at radius 3 is 2.89 bits per heavy atom. The summed E-state index contributed by atoms with van der Waals surface area (Å²) in [6, 6.07) is 7.60. The van der Waals surface area contributed by atoms with Crippen molar-refractivity contribution in [3.8, 4) is 5.75 Å². The fraction of sp³-hybridized carbons (Fsp3) is 0.526. The second-order valence-corrected chi connectivity index (χ2v) is 8.25. The summed E-state index contributed by atoms with van der Waals surface area (Å²) in [5.74, 6) is 2.23. The van der Waals surface area contributed by atoms with Gasteiger partial charge in [-0.15, -0.1) is 10.2 Å². The number of para-hydroxylation sites is 1. The number of nitrogens with zero attached hydrogens (tertiary/aromatic N) is 3. The van der Waals surface area contributed by atoms with Gasteiger partial charge in [-0.1, -0.05) is 55.3 Å². The summed E-state index contributed by atoms with van der Waals surface area (Å²) in [4.78, 5) is 12.3. The largest absolute Gasteiger partial charge is 0.484 e. The maximum atomic E-state index is 12.3. The van der Waals surface area contributed by atoms with E-state index in [4.69, 9.17) is 16.3 Å². The fourth-order valence-corrected chi connectivity index (χ4v) is 4.14. The van der Waals surface area contributed by atoms with E-state index in [9.17, 15) is 4.79 Å². The predicted molar refractivity (Wildman–Crippen MR) is 107 cm³/mol. The lowest BCUT2D eigenvalue weighted by Crippen LogP contribution is -2.41. The zero-order valence-corrected chi connectivity index (χ0v) is 17.2. The Morgan fingerprint density at radius 2 is 2.11 bits per heavy atom. The number of carbonyl (C=O) groups excluding carboxylic acids is 1. The van der Waals surface area contributed by atoms with Crippen LogP contribution >= 0.6 is 23.4 Å². The van der Waals surface area contributed by atoms with E-state index in [1.165, 1.54) is 31.0 Å². The molecule has 1 saturated carbocycles. The minimum absolute atomic E-state index is 0.0515. The molecule has 1 heterocycles. The van der Waals surface area contributed by atoms with E-state index in [0.717, 1.165) is 6.42 Å². The van der Waals surface area contributed by atoms with E-state index in [2.05, 4.69) is 22.4 Å². The van der Waals surface area contributed by atoms with E-state index in [1.807, 2.05) is 29.8 Å². The Labute approximate surface area is 169 Å². The van der Waals surface area contributed by atoms with Gasteiger partial charge < -0.3 is 14.6 Å². The molecule has 1 amide bonds. The number of hydrogen-bond donors (Lipinski definition) is 1. The first-order valence-electron chi connectivity index (χ1n) is 9.22. The number of aromatic nitrogens is 3. The van der Waals surface area contributed by atoms with Gasteiger partial charge in [0.2, 0.25) is 5.91 Å². The Morgan fingerprint density at radius 1 is 1.33 bits per heavy atom. The first kappa shape index (κ1) is 20.0. The lowest BCUT2D eigenvalue weighted by molar-refractivity contribution is -0.119. The molecule has 0 saturated heterocycles. The number of thioether (sulfide) groups is 1. The van der Waals surface area contributed by atoms with Gasteiger partial charge in [-0.05, 0) is 30.9 Å². The third-order valence-corrected chi connectivity index (χ3v) is 6.24. The lowest BCUT2D eigenvalue weighted by Gasteiger charge is -2.29. The van der Waals surface area contributed by atoms with Crippen LogP contribution in [0.25, 0.3) is 0 Å². The van der Waals surface area contributed by atoms with Crippen LogP contribution in [0.5, 0.6) is 5.75 Å². The zero-order chi connectivity index (χ0) is 19.2. The van der Waals surface area contributed by atoms with Crippen LogP contribution in [-0.2, 0) is 18.4 Å². The van der Waals surface area contributed by atoms with Crippen molar-refractivity contribution >= 4 is 29.3 Å². The van der Waals surface area contributed by atoms with Crippen LogP contribution in [0.1, 0.15) is 38.4 Å². The molecule has 1 aliphatic carbocycles. The molecule has 8 heteroatoms. The molecule has 2 atom stereocenters. The van der Waals surface area contributed by atoms with Crippen LogP contribution < -0.4 is 10.1 Å². The standard InChI is InChI=1S/C19H25ClN4O2S/c1-13-7-3-5-9-15(13)21-18(25)12-27-19-23-22-17(24(19)2)11-26-16-10-6-4-8-14(16)20/h4,6,8,10,13,15H,3,5,7,9,11-12H2,1-2H3,(H,21,25)/t13-,15+/m1/s1. The molecule has 1 aliphatic rings. The van der Waals surface area contributed by atoms with Crippen LogP contribution in [0.15, 0.2) is 29.4 Å². The molecule has 0 unspecified atom stereocenters. The Kier molecular flexibility index (Phi) is 7.01. The van der Waals surface area contributed by atoms with Gasteiger partial charge in [0, 0.05) is 13.1 Å². The highest BCUT2D eigenvalue weighted by Crippen LogP contribution is 2.25. The van der Waals surface area contributed by atoms with Gasteiger partial charge in [-0.25, -0.2) is 0 Å². The topological polar surface area (TPSA) is 69.0 Å². The minimum Gasteiger partial charge on any atom is -0.484 e. The molecule has 0 aliphatic heterocycles. The molecule has 1 N–H and O–H groups in total. The molecule has 1 aromatic heterocycles. The van der Waals surface area contributed by atoms with E-state index in [0.29, 0.717) is 39.5 Å². The SMILES string of the molecule is C[C@@H]1CCCC[C@@H]1NC(=O)CSc1nnc(COc2ccccc2Cl)n1C. The quantitative estimate of drug-likeness (QED) is 0.705. The second kappa shape index (κ2) is 9.46. The van der Waals surface area contributed by atoms with Crippen LogP contribution in [0.4, 0.5) is 0 Å². The normalized spacial score (nSPS) is 19.7. The summed E-state index contributed by atoms with van der Waals surface area (Å²) in [7, 11) is 1.87. The Hall–Kier alpha value is -1.73. The summed E-state index contributed by atoms with van der Waals surface area (Å²) < 4.78 is 7.56. The lowest BCUT2D eigenvalue weighted by atomic mass is 9.86. The summed E-state index contributed by atoms with van der Waals surface area (Å²) in [6.45, 7) is 2.48. The van der Waals surface area contributed by atoms with Gasteiger partial charge in [-0.3, -0.25) is 4.79 Å². The minimum atomic E-state index is 0.0515. The number of carbonyl (C=O) groups is 1. The third-order valence-electron chi connectivity index (χ3n) is 4.91. The molecule has 3 rings (SSSR count). The number of hydrogen-bond acceptors (Lipinski definition) is 5. The van der Waals surface area contributed by atoms with Gasteiger partial charge in [0.15, 0.2) is 11.0 Å². The van der Waals surface area contributed by atoms with E-state index >= 15 is 0 Å². The number of rotatable bonds is 7. The predicted octanol–water partition coefficient (Wildman–Crippen LogP) is 3.83. The maximum absolute atomic E-state index is 12.3. The molecular weight excluding hydrogens is 384 g/mol. The molecule has 6 nitrogen and oxygen atoms in total. The first-order chi connectivity index (χ1) is 13.0. The van der Waals surface area contributed by atoms with Gasteiger partial charge in [0.1, 0.15) is 12.4 Å². The Bertz CT molecular complexity index is 783. The number of amides is 1. The molecule has 1 aromatic carbocycles. The number of nitrogens with one attached hydrogen (secondary N) is 1. The highest BCUT2D eigenvalue weighted by molar-refractivity contribution is 7.99. The molecule has 1 fully saturated rings. The van der Waals surface area contributed by atoms with Crippen LogP contribution in [-0.4, -0.2) is 32.5 Å². The van der Waals surface area contributed by atoms with E-state index < -0.39 is 0 Å². The molecule has 0 bridgehead atoms. The van der Waals surface area contributed by atoms with Crippen LogP contribution in [0, 0.1) is 5.92 Å². The number of ether oxygens (including phenoxy) is 1. The smallest absolute Gasteiger partial charge is 0.230 e. The third kappa shape index (κ3) is 5.39. The molecule has 27 heavy (non-hydrogen) atoms. The summed E-state index contributed by atoms with van der Waals surface area (Å²) in [6.07, 6.45) is 4.72. The molecule has 146 valence electrons. The molecule has 2 aromatic rings. The van der Waals surface area contributed by atoms with Crippen molar-refractivity contribution in [3.63, 3.8) is 0 Å². The average Bonchev–Trinajstić information content (AvgIpc) is 3.01. The first-order valence-corrected chi connectivity index (χ1v) is 10.6. The number of benzene rings is 1. The second-order valence-electron chi connectivity index (χ2n) is 6.90. The van der Waals surface area contributed by atoms with Gasteiger partial charge in [-0.2, -0.15) is 0 Å².